The van der Waals surface area contributed by atoms with Gasteiger partial charge >= 0.3 is 0 Å². The first-order valence-electron chi connectivity index (χ1n) is 6.08. The van der Waals surface area contributed by atoms with Crippen molar-refractivity contribution in [1.82, 2.24) is 15.2 Å². The van der Waals surface area contributed by atoms with Gasteiger partial charge in [0.25, 0.3) is 0 Å². The average Bonchev–Trinajstić information content (AvgIpc) is 2.66. The molecule has 1 aromatic heterocycles. The molecule has 0 spiro atoms. The second-order valence-corrected chi connectivity index (χ2v) is 5.09. The lowest BCUT2D eigenvalue weighted by Crippen LogP contribution is -2.19. The van der Waals surface area contributed by atoms with Crippen molar-refractivity contribution in [3.8, 4) is 0 Å². The molecule has 92 valence electrons. The number of thiazole rings is 1. The zero-order valence-electron chi connectivity index (χ0n) is 10.6. The number of rotatable bonds is 8. The summed E-state index contributed by atoms with van der Waals surface area (Å²) >= 11 is 1.76. The smallest absolute Gasteiger partial charge is 0.107 e. The molecule has 0 fully saturated rings. The fraction of sp³-hybridized carbons (Fsp3) is 0.750. The van der Waals surface area contributed by atoms with E-state index in [0.29, 0.717) is 0 Å². The highest BCUT2D eigenvalue weighted by Crippen LogP contribution is 2.11. The highest BCUT2D eigenvalue weighted by atomic mass is 32.1. The Hall–Kier alpha value is -0.450. The second kappa shape index (κ2) is 7.76. The molecule has 0 aliphatic rings. The van der Waals surface area contributed by atoms with Gasteiger partial charge in [0.1, 0.15) is 5.01 Å². The van der Waals surface area contributed by atoms with Crippen molar-refractivity contribution in [2.24, 2.45) is 0 Å². The van der Waals surface area contributed by atoms with Crippen molar-refractivity contribution in [2.45, 2.75) is 39.8 Å². The molecule has 1 rings (SSSR count). The van der Waals surface area contributed by atoms with E-state index in [9.17, 15) is 0 Å². The van der Waals surface area contributed by atoms with Crippen LogP contribution in [0.25, 0.3) is 0 Å². The van der Waals surface area contributed by atoms with Crippen LogP contribution in [0.2, 0.25) is 0 Å². The summed E-state index contributed by atoms with van der Waals surface area (Å²) in [5.41, 5.74) is 1.20. The van der Waals surface area contributed by atoms with E-state index in [1.165, 1.54) is 23.5 Å². The van der Waals surface area contributed by atoms with Gasteiger partial charge in [0, 0.05) is 18.5 Å². The van der Waals surface area contributed by atoms with Gasteiger partial charge in [-0.15, -0.1) is 11.3 Å². The first-order valence-corrected chi connectivity index (χ1v) is 6.96. The Kier molecular flexibility index (Phi) is 6.61. The predicted molar refractivity (Wildman–Crippen MR) is 70.7 cm³/mol. The Balaban J connectivity index is 2.33. The Labute approximate surface area is 103 Å². The number of nitrogens with one attached hydrogen (secondary N) is 1. The fourth-order valence-electron chi connectivity index (χ4n) is 1.61. The van der Waals surface area contributed by atoms with Crippen LogP contribution in [0, 0.1) is 0 Å². The lowest BCUT2D eigenvalue weighted by Gasteiger charge is -2.13. The molecule has 0 amide bonds. The van der Waals surface area contributed by atoms with Crippen LogP contribution in [0.1, 0.15) is 37.4 Å². The third-order valence-corrected chi connectivity index (χ3v) is 3.24. The van der Waals surface area contributed by atoms with Gasteiger partial charge in [-0.1, -0.05) is 13.8 Å². The van der Waals surface area contributed by atoms with Crippen molar-refractivity contribution in [3.63, 3.8) is 0 Å². The Bertz CT molecular complexity index is 286. The van der Waals surface area contributed by atoms with Crippen LogP contribution >= 0.6 is 11.3 Å². The summed E-state index contributed by atoms with van der Waals surface area (Å²) in [6.07, 6.45) is 2.38. The second-order valence-electron chi connectivity index (χ2n) is 4.15. The minimum atomic E-state index is 0.913. The molecule has 0 aliphatic heterocycles. The molecule has 0 saturated carbocycles. The van der Waals surface area contributed by atoms with E-state index < -0.39 is 0 Å². The summed E-state index contributed by atoms with van der Waals surface area (Å²) < 4.78 is 0. The summed E-state index contributed by atoms with van der Waals surface area (Å²) in [6.45, 7) is 8.48. The van der Waals surface area contributed by atoms with Gasteiger partial charge in [-0.2, -0.15) is 0 Å². The minimum absolute atomic E-state index is 0.913. The van der Waals surface area contributed by atoms with Crippen LogP contribution in [-0.4, -0.2) is 30.0 Å². The molecule has 0 atom stereocenters. The molecule has 0 unspecified atom stereocenters. The fourth-order valence-corrected chi connectivity index (χ4v) is 2.37. The van der Waals surface area contributed by atoms with Crippen LogP contribution in [0.4, 0.5) is 0 Å². The Morgan fingerprint density at radius 1 is 1.38 bits per heavy atom. The summed E-state index contributed by atoms with van der Waals surface area (Å²) in [7, 11) is 2.15. The van der Waals surface area contributed by atoms with E-state index >= 15 is 0 Å². The summed E-state index contributed by atoms with van der Waals surface area (Å²) in [4.78, 5) is 6.94. The zero-order chi connectivity index (χ0) is 11.8. The van der Waals surface area contributed by atoms with Crippen molar-refractivity contribution in [3.05, 3.63) is 16.1 Å². The molecule has 0 radical (unpaired) electrons. The molecule has 0 aromatic carbocycles. The van der Waals surface area contributed by atoms with Crippen molar-refractivity contribution >= 4 is 11.3 Å². The molecule has 0 aliphatic carbocycles. The van der Waals surface area contributed by atoms with E-state index in [0.717, 1.165) is 26.2 Å². The van der Waals surface area contributed by atoms with Crippen LogP contribution in [-0.2, 0) is 13.1 Å². The Morgan fingerprint density at radius 2 is 2.19 bits per heavy atom. The van der Waals surface area contributed by atoms with Crippen molar-refractivity contribution in [2.75, 3.05) is 20.1 Å². The minimum Gasteiger partial charge on any atom is -0.310 e. The van der Waals surface area contributed by atoms with E-state index in [-0.39, 0.29) is 0 Å². The summed E-state index contributed by atoms with van der Waals surface area (Å²) in [5, 5.41) is 6.76. The van der Waals surface area contributed by atoms with Gasteiger partial charge in [0.05, 0.1) is 5.69 Å². The average molecular weight is 241 g/mol. The molecule has 1 heterocycles. The predicted octanol–water partition coefficient (Wildman–Crippen LogP) is 2.48. The quantitative estimate of drug-likeness (QED) is 0.709. The third kappa shape index (κ3) is 5.05. The van der Waals surface area contributed by atoms with Gasteiger partial charge in [0.15, 0.2) is 0 Å². The van der Waals surface area contributed by atoms with Crippen LogP contribution < -0.4 is 5.32 Å². The van der Waals surface area contributed by atoms with Gasteiger partial charge in [-0.25, -0.2) is 4.98 Å². The van der Waals surface area contributed by atoms with Crippen LogP contribution in [0.15, 0.2) is 5.38 Å². The summed E-state index contributed by atoms with van der Waals surface area (Å²) in [5.74, 6) is 0. The van der Waals surface area contributed by atoms with Gasteiger partial charge in [0.2, 0.25) is 0 Å². The van der Waals surface area contributed by atoms with E-state index in [1.807, 2.05) is 0 Å². The monoisotopic (exact) mass is 241 g/mol. The molecule has 3 nitrogen and oxygen atoms in total. The maximum absolute atomic E-state index is 4.62. The molecule has 1 N–H and O–H groups in total. The van der Waals surface area contributed by atoms with E-state index in [2.05, 4.69) is 41.5 Å². The van der Waals surface area contributed by atoms with Crippen molar-refractivity contribution in [1.29, 1.82) is 0 Å². The first kappa shape index (κ1) is 13.6. The van der Waals surface area contributed by atoms with Crippen LogP contribution in [0.3, 0.4) is 0 Å². The number of hydrogen-bond acceptors (Lipinski definition) is 4. The van der Waals surface area contributed by atoms with Gasteiger partial charge < -0.3 is 10.2 Å². The maximum Gasteiger partial charge on any atom is 0.107 e. The highest BCUT2D eigenvalue weighted by Gasteiger charge is 2.04. The first-order chi connectivity index (χ1) is 7.76. The largest absolute Gasteiger partial charge is 0.310 e. The number of aromatic nitrogens is 1. The SMILES string of the molecule is CCCNCc1nc(CN(C)CCC)cs1. The zero-order valence-corrected chi connectivity index (χ0v) is 11.4. The maximum atomic E-state index is 4.62. The lowest BCUT2D eigenvalue weighted by atomic mass is 10.4. The topological polar surface area (TPSA) is 28.2 Å². The normalized spacial score (nSPS) is 11.2. The standard InChI is InChI=1S/C12H23N3S/c1-4-6-13-8-12-14-11(10-16-12)9-15(3)7-5-2/h10,13H,4-9H2,1-3H3. The highest BCUT2D eigenvalue weighted by molar-refractivity contribution is 7.09. The molecule has 0 saturated heterocycles. The van der Waals surface area contributed by atoms with Gasteiger partial charge in [-0.05, 0) is 33.0 Å². The molecular formula is C12H23N3S. The molecule has 1 aromatic rings. The van der Waals surface area contributed by atoms with E-state index in [4.69, 9.17) is 0 Å². The third-order valence-electron chi connectivity index (χ3n) is 2.34. The number of nitrogens with zero attached hydrogens (tertiary/aromatic N) is 2. The summed E-state index contributed by atoms with van der Waals surface area (Å²) in [6, 6.07) is 0. The lowest BCUT2D eigenvalue weighted by molar-refractivity contribution is 0.324. The van der Waals surface area contributed by atoms with E-state index in [1.54, 1.807) is 11.3 Å². The van der Waals surface area contributed by atoms with Gasteiger partial charge in [-0.3, -0.25) is 0 Å². The molecule has 16 heavy (non-hydrogen) atoms. The van der Waals surface area contributed by atoms with Crippen LogP contribution in [0.5, 0.6) is 0 Å². The molecular weight excluding hydrogens is 218 g/mol. The number of hydrogen-bond donors (Lipinski definition) is 1. The Morgan fingerprint density at radius 3 is 2.88 bits per heavy atom. The molecule has 0 bridgehead atoms. The van der Waals surface area contributed by atoms with Crippen molar-refractivity contribution < 1.29 is 0 Å². The molecule has 4 heteroatoms.